The number of fused-ring (bicyclic) bond motifs is 3. The van der Waals surface area contributed by atoms with Crippen LogP contribution >= 0.6 is 23.1 Å². The van der Waals surface area contributed by atoms with Gasteiger partial charge in [0, 0.05) is 4.88 Å². The number of Topliss-reactive ketones (excluding diaryl/α,β-unsaturated/α-hetero) is 1. The van der Waals surface area contributed by atoms with E-state index >= 15 is 0 Å². The van der Waals surface area contributed by atoms with E-state index in [1.165, 1.54) is 22.2 Å². The highest BCUT2D eigenvalue weighted by molar-refractivity contribution is 7.99. The zero-order chi connectivity index (χ0) is 18.3. The molecule has 4 rings (SSSR count). The van der Waals surface area contributed by atoms with Crippen LogP contribution in [0.4, 0.5) is 0 Å². The highest BCUT2D eigenvalue weighted by Crippen LogP contribution is 2.36. The topological polar surface area (TPSA) is 52.0 Å². The molecular formula is C20H20N2O2S2. The summed E-state index contributed by atoms with van der Waals surface area (Å²) in [6.07, 6.45) is 3.09. The van der Waals surface area contributed by atoms with Gasteiger partial charge in [0.05, 0.1) is 16.8 Å². The molecule has 4 nitrogen and oxygen atoms in total. The zero-order valence-electron chi connectivity index (χ0n) is 14.8. The summed E-state index contributed by atoms with van der Waals surface area (Å²) in [5.74, 6) is 1.04. The van der Waals surface area contributed by atoms with Crippen molar-refractivity contribution < 1.29 is 4.79 Å². The van der Waals surface area contributed by atoms with Gasteiger partial charge in [-0.05, 0) is 49.8 Å². The molecule has 2 aromatic heterocycles. The predicted octanol–water partition coefficient (Wildman–Crippen LogP) is 4.25. The number of carbonyl (C=O) groups is 1. The van der Waals surface area contributed by atoms with Crippen LogP contribution in [0.25, 0.3) is 15.9 Å². The lowest BCUT2D eigenvalue weighted by Crippen LogP contribution is -2.22. The van der Waals surface area contributed by atoms with E-state index in [0.29, 0.717) is 16.8 Å². The summed E-state index contributed by atoms with van der Waals surface area (Å²) >= 11 is 2.98. The molecule has 0 aliphatic heterocycles. The van der Waals surface area contributed by atoms with Crippen LogP contribution in [0.2, 0.25) is 0 Å². The summed E-state index contributed by atoms with van der Waals surface area (Å²) in [6.45, 7) is 3.82. The number of hydrogen-bond donors (Lipinski definition) is 0. The molecule has 0 saturated carbocycles. The number of nitrogens with zero attached hydrogens (tertiary/aromatic N) is 2. The van der Waals surface area contributed by atoms with Gasteiger partial charge in [-0.2, -0.15) is 0 Å². The maximum Gasteiger partial charge on any atom is 0.267 e. The van der Waals surface area contributed by atoms with Gasteiger partial charge in [-0.3, -0.25) is 14.2 Å². The lowest BCUT2D eigenvalue weighted by Gasteiger charge is -2.17. The zero-order valence-corrected chi connectivity index (χ0v) is 16.5. The number of para-hydroxylation sites is 1. The molecule has 1 aromatic carbocycles. The molecule has 134 valence electrons. The minimum atomic E-state index is -0.0145. The fourth-order valence-electron chi connectivity index (χ4n) is 3.44. The molecule has 1 aliphatic rings. The van der Waals surface area contributed by atoms with Crippen LogP contribution in [0.1, 0.15) is 30.7 Å². The smallest absolute Gasteiger partial charge is 0.267 e. The van der Waals surface area contributed by atoms with Gasteiger partial charge >= 0.3 is 0 Å². The third-order valence-electron chi connectivity index (χ3n) is 4.72. The summed E-state index contributed by atoms with van der Waals surface area (Å²) in [4.78, 5) is 31.8. The molecule has 0 unspecified atom stereocenters. The van der Waals surface area contributed by atoms with Gasteiger partial charge < -0.3 is 0 Å². The highest BCUT2D eigenvalue weighted by Gasteiger charge is 2.25. The van der Waals surface area contributed by atoms with Crippen LogP contribution in [0, 0.1) is 5.92 Å². The molecular weight excluding hydrogens is 364 g/mol. The van der Waals surface area contributed by atoms with Crippen molar-refractivity contribution in [1.29, 1.82) is 0 Å². The van der Waals surface area contributed by atoms with Crippen molar-refractivity contribution in [3.63, 3.8) is 0 Å². The summed E-state index contributed by atoms with van der Waals surface area (Å²) in [5.41, 5.74) is 1.97. The second kappa shape index (κ2) is 7.00. The first-order valence-electron chi connectivity index (χ1n) is 8.79. The molecule has 0 saturated heterocycles. The van der Waals surface area contributed by atoms with Crippen LogP contribution in [0.3, 0.4) is 0 Å². The van der Waals surface area contributed by atoms with Gasteiger partial charge in [0.15, 0.2) is 5.16 Å². The molecule has 1 aliphatic carbocycles. The Morgan fingerprint density at radius 2 is 2.12 bits per heavy atom. The van der Waals surface area contributed by atoms with E-state index in [9.17, 15) is 9.59 Å². The van der Waals surface area contributed by atoms with Gasteiger partial charge in [-0.15, -0.1) is 11.3 Å². The SMILES string of the molecule is CC(=O)CSc1nc2sc3c(c2c(=O)n1-c1ccccc1)CC[C@@H](C)C3. The van der Waals surface area contributed by atoms with Crippen LogP contribution in [0.15, 0.2) is 40.3 Å². The van der Waals surface area contributed by atoms with Crippen molar-refractivity contribution in [2.45, 2.75) is 38.3 Å². The first kappa shape index (κ1) is 17.5. The van der Waals surface area contributed by atoms with E-state index in [4.69, 9.17) is 4.98 Å². The minimum absolute atomic E-state index is 0.0145. The lowest BCUT2D eigenvalue weighted by molar-refractivity contribution is -0.114. The van der Waals surface area contributed by atoms with Crippen molar-refractivity contribution in [3.05, 3.63) is 51.1 Å². The minimum Gasteiger partial charge on any atom is -0.299 e. The van der Waals surface area contributed by atoms with E-state index in [-0.39, 0.29) is 11.3 Å². The fourth-order valence-corrected chi connectivity index (χ4v) is 5.68. The first-order valence-corrected chi connectivity index (χ1v) is 10.6. The van der Waals surface area contributed by atoms with E-state index in [0.717, 1.165) is 35.2 Å². The van der Waals surface area contributed by atoms with Gasteiger partial charge in [0.25, 0.3) is 5.56 Å². The Balaban J connectivity index is 1.96. The molecule has 0 bridgehead atoms. The van der Waals surface area contributed by atoms with Crippen molar-refractivity contribution in [2.24, 2.45) is 5.92 Å². The molecule has 0 N–H and O–H groups in total. The Hall–Kier alpha value is -1.92. The van der Waals surface area contributed by atoms with Crippen LogP contribution in [-0.2, 0) is 17.6 Å². The third kappa shape index (κ3) is 3.12. The quantitative estimate of drug-likeness (QED) is 0.498. The second-order valence-electron chi connectivity index (χ2n) is 6.89. The van der Waals surface area contributed by atoms with E-state index in [1.54, 1.807) is 22.8 Å². The number of thioether (sulfide) groups is 1. The van der Waals surface area contributed by atoms with Crippen molar-refractivity contribution in [3.8, 4) is 5.69 Å². The number of aromatic nitrogens is 2. The fraction of sp³-hybridized carbons (Fsp3) is 0.350. The second-order valence-corrected chi connectivity index (χ2v) is 8.92. The number of hydrogen-bond acceptors (Lipinski definition) is 5. The summed E-state index contributed by atoms with van der Waals surface area (Å²) in [6, 6.07) is 9.57. The summed E-state index contributed by atoms with van der Waals surface area (Å²) < 4.78 is 1.67. The summed E-state index contributed by atoms with van der Waals surface area (Å²) in [7, 11) is 0. The van der Waals surface area contributed by atoms with Crippen LogP contribution < -0.4 is 5.56 Å². The predicted molar refractivity (Wildman–Crippen MR) is 108 cm³/mol. The van der Waals surface area contributed by atoms with Crippen LogP contribution in [-0.4, -0.2) is 21.1 Å². The number of rotatable bonds is 4. The molecule has 0 amide bonds. The Bertz CT molecular complexity index is 1040. The standard InChI is InChI=1S/C20H20N2O2S2/c1-12-8-9-15-16(10-12)26-18-17(15)19(24)22(14-6-4-3-5-7-14)20(21-18)25-11-13(2)23/h3-7,12H,8-11H2,1-2H3/t12-/m1/s1. The number of benzene rings is 1. The Labute approximate surface area is 160 Å². The van der Waals surface area contributed by atoms with Crippen LogP contribution in [0.5, 0.6) is 0 Å². The number of carbonyl (C=O) groups excluding carboxylic acids is 1. The average molecular weight is 385 g/mol. The monoisotopic (exact) mass is 384 g/mol. The summed E-state index contributed by atoms with van der Waals surface area (Å²) in [5, 5.41) is 1.36. The molecule has 2 heterocycles. The average Bonchev–Trinajstić information content (AvgIpc) is 2.98. The first-order chi connectivity index (χ1) is 12.5. The maximum atomic E-state index is 13.4. The van der Waals surface area contributed by atoms with Crippen molar-refractivity contribution in [2.75, 3.05) is 5.75 Å². The largest absolute Gasteiger partial charge is 0.299 e. The molecule has 0 spiro atoms. The van der Waals surface area contributed by atoms with E-state index in [2.05, 4.69) is 6.92 Å². The molecule has 0 fully saturated rings. The van der Waals surface area contributed by atoms with Gasteiger partial charge in [0.2, 0.25) is 0 Å². The van der Waals surface area contributed by atoms with E-state index in [1.807, 2.05) is 30.3 Å². The number of thiophene rings is 1. The Morgan fingerprint density at radius 1 is 1.35 bits per heavy atom. The molecule has 3 aromatic rings. The van der Waals surface area contributed by atoms with Crippen molar-refractivity contribution in [1.82, 2.24) is 9.55 Å². The third-order valence-corrected chi connectivity index (χ3v) is 6.95. The highest BCUT2D eigenvalue weighted by atomic mass is 32.2. The van der Waals surface area contributed by atoms with Gasteiger partial charge in [-0.25, -0.2) is 4.98 Å². The van der Waals surface area contributed by atoms with Gasteiger partial charge in [-0.1, -0.05) is 36.9 Å². The number of ketones is 1. The molecule has 6 heteroatoms. The van der Waals surface area contributed by atoms with E-state index < -0.39 is 0 Å². The Kier molecular flexibility index (Phi) is 4.71. The van der Waals surface area contributed by atoms with Gasteiger partial charge in [0.1, 0.15) is 10.6 Å². The molecule has 0 radical (unpaired) electrons. The normalized spacial score (nSPS) is 16.6. The number of aryl methyl sites for hydroxylation is 1. The molecule has 1 atom stereocenters. The molecule has 26 heavy (non-hydrogen) atoms. The lowest BCUT2D eigenvalue weighted by atomic mass is 9.89. The Morgan fingerprint density at radius 3 is 2.85 bits per heavy atom. The maximum absolute atomic E-state index is 13.4. The van der Waals surface area contributed by atoms with Crippen molar-refractivity contribution >= 4 is 39.1 Å².